The van der Waals surface area contributed by atoms with Crippen LogP contribution in [0.3, 0.4) is 0 Å². The highest BCUT2D eigenvalue weighted by atomic mass is 19.3. The molecular formula is C29H29F3N8O2. The molecule has 218 valence electrons. The molecule has 1 amide bonds. The molecular weight excluding hydrogens is 549 g/mol. The van der Waals surface area contributed by atoms with E-state index in [0.717, 1.165) is 6.20 Å². The zero-order valence-corrected chi connectivity index (χ0v) is 23.1. The molecule has 0 bridgehead atoms. The molecule has 0 saturated carbocycles. The Morgan fingerprint density at radius 3 is 2.76 bits per heavy atom. The fraction of sp³-hybridized carbons (Fsp3) is 0.345. The maximum atomic E-state index is 15.8. The fourth-order valence-corrected chi connectivity index (χ4v) is 5.21. The van der Waals surface area contributed by atoms with Crippen molar-refractivity contribution < 1.29 is 18.0 Å². The number of aromatic nitrogens is 3. The molecule has 1 saturated heterocycles. The minimum Gasteiger partial charge on any atom is -0.367 e. The number of nitrogens with one attached hydrogen (secondary N) is 2. The van der Waals surface area contributed by atoms with E-state index in [1.54, 1.807) is 6.07 Å². The average Bonchev–Trinajstić information content (AvgIpc) is 2.99. The second-order valence-corrected chi connectivity index (χ2v) is 10.3. The minimum atomic E-state index is -3.04. The van der Waals surface area contributed by atoms with Crippen molar-refractivity contribution in [3.05, 3.63) is 81.4 Å². The number of alkyl halides is 2. The van der Waals surface area contributed by atoms with Gasteiger partial charge in [-0.1, -0.05) is 6.08 Å². The van der Waals surface area contributed by atoms with Gasteiger partial charge < -0.3 is 25.0 Å². The van der Waals surface area contributed by atoms with Crippen LogP contribution in [-0.2, 0) is 0 Å². The molecule has 0 radical (unpaired) electrons. The Bertz CT molecular complexity index is 1630. The number of piperazine rings is 1. The molecule has 13 heteroatoms. The molecule has 2 N–H and O–H groups in total. The molecule has 0 aliphatic carbocycles. The molecule has 3 aromatic rings. The van der Waals surface area contributed by atoms with E-state index in [2.05, 4.69) is 25.2 Å². The largest absolute Gasteiger partial charge is 0.367 e. The van der Waals surface area contributed by atoms with Gasteiger partial charge in [0.05, 0.1) is 16.9 Å². The minimum absolute atomic E-state index is 0.0240. The maximum Gasteiger partial charge on any atom is 0.264 e. The SMILES string of the molecule is C[C@H]1CN(c2cc(F)c(C3=CCCN(c4ccnc(C#N)n4)C3)cc2NC(=O)c2c[nH]c(=O)cc2C(F)F)CCN1C. The number of nitriles is 1. The third-order valence-corrected chi connectivity index (χ3v) is 7.63. The summed E-state index contributed by atoms with van der Waals surface area (Å²) in [5.41, 5.74) is -0.263. The number of likely N-dealkylation sites (N-methyl/N-ethyl adjacent to an activating group) is 1. The first kappa shape index (κ1) is 28.8. The van der Waals surface area contributed by atoms with E-state index >= 15 is 4.39 Å². The second kappa shape index (κ2) is 12.0. The van der Waals surface area contributed by atoms with Crippen molar-refractivity contribution in [3.63, 3.8) is 0 Å². The Morgan fingerprint density at radius 1 is 1.21 bits per heavy atom. The normalized spacial score (nSPS) is 17.6. The van der Waals surface area contributed by atoms with Crippen molar-refractivity contribution >= 4 is 28.7 Å². The van der Waals surface area contributed by atoms with Gasteiger partial charge in [0.15, 0.2) is 0 Å². The van der Waals surface area contributed by atoms with Gasteiger partial charge >= 0.3 is 0 Å². The van der Waals surface area contributed by atoms with Crippen molar-refractivity contribution in [1.29, 1.82) is 5.26 Å². The summed E-state index contributed by atoms with van der Waals surface area (Å²) in [7, 11) is 1.99. The smallest absolute Gasteiger partial charge is 0.264 e. The van der Waals surface area contributed by atoms with Crippen molar-refractivity contribution in [2.75, 3.05) is 54.9 Å². The van der Waals surface area contributed by atoms with Crippen LogP contribution in [0, 0.1) is 17.1 Å². The second-order valence-electron chi connectivity index (χ2n) is 10.3. The number of benzene rings is 1. The Balaban J connectivity index is 1.52. The Morgan fingerprint density at radius 2 is 2.02 bits per heavy atom. The molecule has 2 aliphatic heterocycles. The van der Waals surface area contributed by atoms with E-state index in [1.807, 2.05) is 35.9 Å². The number of pyridine rings is 1. The number of hydrogen-bond acceptors (Lipinski definition) is 8. The predicted molar refractivity (Wildman–Crippen MR) is 152 cm³/mol. The Labute approximate surface area is 240 Å². The van der Waals surface area contributed by atoms with E-state index in [1.165, 1.54) is 18.3 Å². The van der Waals surface area contributed by atoms with Crippen molar-refractivity contribution in [3.8, 4) is 6.07 Å². The highest BCUT2D eigenvalue weighted by Gasteiger charge is 2.27. The number of amides is 1. The molecule has 10 nitrogen and oxygen atoms in total. The molecule has 42 heavy (non-hydrogen) atoms. The van der Waals surface area contributed by atoms with E-state index in [0.29, 0.717) is 55.7 Å². The van der Waals surface area contributed by atoms with Gasteiger partial charge in [0.2, 0.25) is 11.4 Å². The number of carbonyl (C=O) groups is 1. The molecule has 5 rings (SSSR count). The molecule has 2 aliphatic rings. The summed E-state index contributed by atoms with van der Waals surface area (Å²) in [5.74, 6) is -0.801. The number of H-pyrrole nitrogens is 1. The fourth-order valence-electron chi connectivity index (χ4n) is 5.21. The number of anilines is 3. The van der Waals surface area contributed by atoms with Crippen LogP contribution in [0.5, 0.6) is 0 Å². The predicted octanol–water partition coefficient (Wildman–Crippen LogP) is 3.80. The van der Waals surface area contributed by atoms with E-state index < -0.39 is 29.3 Å². The molecule has 1 aromatic carbocycles. The summed E-state index contributed by atoms with van der Waals surface area (Å²) in [6, 6.07) is 7.33. The summed E-state index contributed by atoms with van der Waals surface area (Å²) < 4.78 is 43.3. The summed E-state index contributed by atoms with van der Waals surface area (Å²) in [6.07, 6.45) is 1.89. The van der Waals surface area contributed by atoms with Crippen molar-refractivity contribution in [2.24, 2.45) is 0 Å². The molecule has 1 fully saturated rings. The number of carbonyl (C=O) groups excluding carboxylic acids is 1. The lowest BCUT2D eigenvalue weighted by atomic mass is 9.98. The summed E-state index contributed by atoms with van der Waals surface area (Å²) in [4.78, 5) is 41.5. The standard InChI is InChI=1S/C29H29F3N8O2/c1-17-15-39(9-8-38(17)2)24-12-22(30)19(18-4-3-7-40(16-18)26-5-6-34-25(13-33)37-26)10-23(24)36-29(42)21-14-35-27(41)11-20(21)28(31)32/h4-6,10-12,14,17,28H,3,7-9,15-16H2,1-2H3,(H,35,41)(H,36,42)/t17-/m0/s1. The lowest BCUT2D eigenvalue weighted by Gasteiger charge is -2.40. The number of hydrogen-bond donors (Lipinski definition) is 2. The molecule has 0 spiro atoms. The van der Waals surface area contributed by atoms with Crippen LogP contribution >= 0.6 is 0 Å². The lowest BCUT2D eigenvalue weighted by Crippen LogP contribution is -2.50. The average molecular weight is 579 g/mol. The number of rotatable bonds is 6. The van der Waals surface area contributed by atoms with Gasteiger partial charge in [0.25, 0.3) is 12.3 Å². The first-order chi connectivity index (χ1) is 20.1. The molecule has 4 heterocycles. The summed E-state index contributed by atoms with van der Waals surface area (Å²) >= 11 is 0. The highest BCUT2D eigenvalue weighted by Crippen LogP contribution is 2.36. The lowest BCUT2D eigenvalue weighted by molar-refractivity contribution is 0.101. The van der Waals surface area contributed by atoms with E-state index in [4.69, 9.17) is 0 Å². The van der Waals surface area contributed by atoms with Crippen LogP contribution in [0.25, 0.3) is 5.57 Å². The van der Waals surface area contributed by atoms with Gasteiger partial charge in [-0.2, -0.15) is 5.26 Å². The zero-order valence-electron chi connectivity index (χ0n) is 23.1. The molecule has 1 atom stereocenters. The van der Waals surface area contributed by atoms with Gasteiger partial charge in [-0.15, -0.1) is 0 Å². The molecule has 0 unspecified atom stereocenters. The third-order valence-electron chi connectivity index (χ3n) is 7.63. The Hall–Kier alpha value is -4.70. The van der Waals surface area contributed by atoms with Crippen LogP contribution in [0.4, 0.5) is 30.4 Å². The van der Waals surface area contributed by atoms with Gasteiger partial charge in [0, 0.05) is 68.4 Å². The van der Waals surface area contributed by atoms with Gasteiger partial charge in [-0.25, -0.2) is 23.1 Å². The van der Waals surface area contributed by atoms with E-state index in [-0.39, 0.29) is 35.2 Å². The topological polar surface area (TPSA) is 121 Å². The quantitative estimate of drug-likeness (QED) is 0.453. The Kier molecular flexibility index (Phi) is 8.26. The van der Waals surface area contributed by atoms with Gasteiger partial charge in [-0.3, -0.25) is 9.59 Å². The van der Waals surface area contributed by atoms with Crippen molar-refractivity contribution in [2.45, 2.75) is 25.8 Å². The van der Waals surface area contributed by atoms with Crippen LogP contribution in [0.15, 0.2) is 47.5 Å². The first-order valence-corrected chi connectivity index (χ1v) is 13.4. The van der Waals surface area contributed by atoms with Gasteiger partial charge in [-0.05, 0) is 44.2 Å². The highest BCUT2D eigenvalue weighted by molar-refractivity contribution is 6.07. The first-order valence-electron chi connectivity index (χ1n) is 13.4. The van der Waals surface area contributed by atoms with Gasteiger partial charge in [0.1, 0.15) is 17.7 Å². The van der Waals surface area contributed by atoms with Crippen LogP contribution in [-0.4, -0.2) is 71.6 Å². The summed E-state index contributed by atoms with van der Waals surface area (Å²) in [6.45, 7) is 4.75. The van der Waals surface area contributed by atoms with E-state index in [9.17, 15) is 23.6 Å². The number of aromatic amines is 1. The van der Waals surface area contributed by atoms with Crippen LogP contribution < -0.4 is 20.7 Å². The van der Waals surface area contributed by atoms with Crippen LogP contribution in [0.2, 0.25) is 0 Å². The third kappa shape index (κ3) is 5.99. The van der Waals surface area contributed by atoms with Crippen LogP contribution in [0.1, 0.15) is 47.1 Å². The number of nitrogens with zero attached hydrogens (tertiary/aromatic N) is 6. The summed E-state index contributed by atoms with van der Waals surface area (Å²) in [5, 5.41) is 11.9. The number of halogens is 3. The van der Waals surface area contributed by atoms with Crippen molar-refractivity contribution in [1.82, 2.24) is 19.9 Å². The molecule has 2 aromatic heterocycles. The zero-order chi connectivity index (χ0) is 30.0. The maximum absolute atomic E-state index is 15.8. The monoisotopic (exact) mass is 578 g/mol.